The first kappa shape index (κ1) is 16.3. The van der Waals surface area contributed by atoms with E-state index in [1.54, 1.807) is 0 Å². The van der Waals surface area contributed by atoms with E-state index in [1.807, 2.05) is 11.0 Å². The first-order valence-electron chi connectivity index (χ1n) is 7.60. The number of para-hydroxylation sites is 1. The van der Waals surface area contributed by atoms with Gasteiger partial charge in [-0.15, -0.1) is 12.4 Å². The Morgan fingerprint density at radius 3 is 2.86 bits per heavy atom. The van der Waals surface area contributed by atoms with Crippen molar-refractivity contribution in [2.75, 3.05) is 31.1 Å². The number of aryl methyl sites for hydroxylation is 1. The first-order valence-corrected chi connectivity index (χ1v) is 7.60. The molecule has 1 fully saturated rings. The summed E-state index contributed by atoms with van der Waals surface area (Å²) in [6, 6.07) is 8.49. The van der Waals surface area contributed by atoms with Crippen molar-refractivity contribution >= 4 is 24.0 Å². The van der Waals surface area contributed by atoms with Crippen LogP contribution in [0.3, 0.4) is 0 Å². The molecule has 0 aliphatic carbocycles. The molecule has 2 aliphatic rings. The minimum Gasteiger partial charge on any atom is -0.327 e. The van der Waals surface area contributed by atoms with Crippen LogP contribution in [-0.4, -0.2) is 43.0 Å². The van der Waals surface area contributed by atoms with Crippen molar-refractivity contribution in [1.82, 2.24) is 4.90 Å². The van der Waals surface area contributed by atoms with E-state index >= 15 is 0 Å². The first-order chi connectivity index (χ1) is 9.74. The summed E-state index contributed by atoms with van der Waals surface area (Å²) in [5, 5.41) is 0. The largest absolute Gasteiger partial charge is 0.327 e. The fourth-order valence-corrected chi connectivity index (χ4v) is 3.30. The van der Waals surface area contributed by atoms with E-state index in [-0.39, 0.29) is 24.4 Å². The lowest BCUT2D eigenvalue weighted by molar-refractivity contribution is -0.120. The van der Waals surface area contributed by atoms with Crippen LogP contribution < -0.4 is 10.6 Å². The highest BCUT2D eigenvalue weighted by molar-refractivity contribution is 5.95. The van der Waals surface area contributed by atoms with Crippen LogP contribution in [0.2, 0.25) is 0 Å². The van der Waals surface area contributed by atoms with Gasteiger partial charge >= 0.3 is 0 Å². The van der Waals surface area contributed by atoms with Crippen LogP contribution in [0.15, 0.2) is 24.3 Å². The van der Waals surface area contributed by atoms with Crippen LogP contribution in [0, 0.1) is 0 Å². The topological polar surface area (TPSA) is 49.6 Å². The number of hydrogen-bond donors (Lipinski definition) is 1. The van der Waals surface area contributed by atoms with Crippen molar-refractivity contribution in [3.63, 3.8) is 0 Å². The molecule has 21 heavy (non-hydrogen) atoms. The Labute approximate surface area is 132 Å². The van der Waals surface area contributed by atoms with E-state index in [0.717, 1.165) is 51.0 Å². The summed E-state index contributed by atoms with van der Waals surface area (Å²) in [6.45, 7) is 3.19. The molecule has 1 aromatic carbocycles. The van der Waals surface area contributed by atoms with Gasteiger partial charge < -0.3 is 10.6 Å². The quantitative estimate of drug-likeness (QED) is 0.906. The molecule has 0 bridgehead atoms. The second-order valence-electron chi connectivity index (χ2n) is 5.92. The zero-order valence-electron chi connectivity index (χ0n) is 12.3. The van der Waals surface area contributed by atoms with E-state index < -0.39 is 0 Å². The van der Waals surface area contributed by atoms with Crippen molar-refractivity contribution in [2.45, 2.75) is 31.7 Å². The lowest BCUT2D eigenvalue weighted by atomic mass is 10.0. The molecule has 1 atom stereocenters. The Bertz CT molecular complexity index is 494. The Hall–Kier alpha value is -1.10. The third-order valence-corrected chi connectivity index (χ3v) is 4.31. The van der Waals surface area contributed by atoms with Crippen LogP contribution in [0.1, 0.15) is 24.8 Å². The maximum atomic E-state index is 12.6. The van der Waals surface area contributed by atoms with Crippen molar-refractivity contribution in [3.05, 3.63) is 29.8 Å². The van der Waals surface area contributed by atoms with Crippen LogP contribution in [0.4, 0.5) is 5.69 Å². The average Bonchev–Trinajstić information content (AvgIpc) is 2.46. The molecule has 0 radical (unpaired) electrons. The molecule has 0 saturated carbocycles. The summed E-state index contributed by atoms with van der Waals surface area (Å²) in [5.41, 5.74) is 8.39. The number of rotatable bonds is 2. The summed E-state index contributed by atoms with van der Waals surface area (Å²) >= 11 is 0. The van der Waals surface area contributed by atoms with Crippen LogP contribution in [-0.2, 0) is 11.2 Å². The van der Waals surface area contributed by atoms with Gasteiger partial charge in [0, 0.05) is 24.8 Å². The highest BCUT2D eigenvalue weighted by atomic mass is 35.5. The Morgan fingerprint density at radius 2 is 2.05 bits per heavy atom. The molecular formula is C16H24ClN3O. The Morgan fingerprint density at radius 1 is 1.24 bits per heavy atom. The molecular weight excluding hydrogens is 286 g/mol. The maximum absolute atomic E-state index is 12.6. The summed E-state index contributed by atoms with van der Waals surface area (Å²) in [6.07, 6.45) is 4.32. The van der Waals surface area contributed by atoms with Crippen molar-refractivity contribution in [1.29, 1.82) is 0 Å². The molecule has 4 nitrogen and oxygen atoms in total. The van der Waals surface area contributed by atoms with Crippen molar-refractivity contribution in [3.8, 4) is 0 Å². The number of piperidine rings is 1. The number of fused-ring (bicyclic) bond motifs is 1. The number of nitrogens with zero attached hydrogens (tertiary/aromatic N) is 2. The number of halogens is 1. The number of carbonyl (C=O) groups is 1. The zero-order chi connectivity index (χ0) is 13.9. The fraction of sp³-hybridized carbons (Fsp3) is 0.562. The molecule has 5 heteroatoms. The number of likely N-dealkylation sites (tertiary alicyclic amines) is 1. The van der Waals surface area contributed by atoms with Gasteiger partial charge in [0.05, 0.1) is 6.54 Å². The monoisotopic (exact) mass is 309 g/mol. The number of nitrogens with two attached hydrogens (primary N) is 1. The number of amides is 1. The van der Waals surface area contributed by atoms with Crippen molar-refractivity contribution < 1.29 is 4.79 Å². The highest BCUT2D eigenvalue weighted by Gasteiger charge is 2.25. The van der Waals surface area contributed by atoms with Crippen LogP contribution >= 0.6 is 12.4 Å². The van der Waals surface area contributed by atoms with Gasteiger partial charge in [-0.25, -0.2) is 0 Å². The van der Waals surface area contributed by atoms with E-state index in [9.17, 15) is 4.79 Å². The lowest BCUT2D eigenvalue weighted by Gasteiger charge is -2.34. The van der Waals surface area contributed by atoms with Gasteiger partial charge in [-0.1, -0.05) is 18.2 Å². The van der Waals surface area contributed by atoms with Gasteiger partial charge in [0.25, 0.3) is 0 Å². The van der Waals surface area contributed by atoms with E-state index in [4.69, 9.17) is 5.73 Å². The summed E-state index contributed by atoms with van der Waals surface area (Å²) in [4.78, 5) is 16.7. The minimum absolute atomic E-state index is 0. The predicted octanol–water partition coefficient (Wildman–Crippen LogP) is 1.81. The van der Waals surface area contributed by atoms with Crippen molar-refractivity contribution in [2.24, 2.45) is 5.73 Å². The van der Waals surface area contributed by atoms with Gasteiger partial charge in [-0.3, -0.25) is 9.69 Å². The zero-order valence-corrected chi connectivity index (χ0v) is 13.1. The highest BCUT2D eigenvalue weighted by Crippen LogP contribution is 2.26. The van der Waals surface area contributed by atoms with Gasteiger partial charge in [-0.05, 0) is 43.9 Å². The van der Waals surface area contributed by atoms with E-state index in [0.29, 0.717) is 6.54 Å². The second-order valence-corrected chi connectivity index (χ2v) is 5.92. The number of benzene rings is 1. The normalized spacial score (nSPS) is 22.3. The molecule has 0 aromatic heterocycles. The molecule has 2 N–H and O–H groups in total. The third-order valence-electron chi connectivity index (χ3n) is 4.31. The molecule has 3 rings (SSSR count). The number of anilines is 1. The smallest absolute Gasteiger partial charge is 0.241 e. The number of carbonyl (C=O) groups excluding carboxylic acids is 1. The third kappa shape index (κ3) is 3.76. The molecule has 1 amide bonds. The summed E-state index contributed by atoms with van der Waals surface area (Å²) in [7, 11) is 0. The van der Waals surface area contributed by atoms with Crippen LogP contribution in [0.25, 0.3) is 0 Å². The maximum Gasteiger partial charge on any atom is 0.241 e. The van der Waals surface area contributed by atoms with Gasteiger partial charge in [-0.2, -0.15) is 0 Å². The Balaban J connectivity index is 0.00000161. The minimum atomic E-state index is 0. The fourth-order valence-electron chi connectivity index (χ4n) is 3.30. The van der Waals surface area contributed by atoms with E-state index in [2.05, 4.69) is 23.1 Å². The Kier molecular flexibility index (Phi) is 5.62. The summed E-state index contributed by atoms with van der Waals surface area (Å²) < 4.78 is 0. The second kappa shape index (κ2) is 7.25. The standard InChI is InChI=1S/C16H23N3O.ClH/c17-14-7-4-9-18(11-14)12-16(20)19-10-3-6-13-5-1-2-8-15(13)19;/h1-2,5,8,14H,3-4,6-7,9-12,17H2;1H. The van der Waals surface area contributed by atoms with E-state index in [1.165, 1.54) is 5.56 Å². The predicted molar refractivity (Wildman–Crippen MR) is 88.0 cm³/mol. The van der Waals surface area contributed by atoms with Crippen LogP contribution in [0.5, 0.6) is 0 Å². The SMILES string of the molecule is Cl.NC1CCCN(CC(=O)N2CCCc3ccccc32)C1. The summed E-state index contributed by atoms with van der Waals surface area (Å²) in [5.74, 6) is 0.214. The number of hydrogen-bond acceptors (Lipinski definition) is 3. The molecule has 1 unspecified atom stereocenters. The molecule has 1 saturated heterocycles. The lowest BCUT2D eigenvalue weighted by Crippen LogP contribution is -2.48. The molecule has 2 heterocycles. The van der Waals surface area contributed by atoms with Gasteiger partial charge in [0.15, 0.2) is 0 Å². The average molecular weight is 310 g/mol. The van der Waals surface area contributed by atoms with Gasteiger partial charge in [0.2, 0.25) is 5.91 Å². The molecule has 0 spiro atoms. The molecule has 116 valence electrons. The van der Waals surface area contributed by atoms with Gasteiger partial charge in [0.1, 0.15) is 0 Å². The molecule has 1 aromatic rings. The molecule has 2 aliphatic heterocycles.